The lowest BCUT2D eigenvalue weighted by atomic mass is 9.77. The molecule has 6 nitrogen and oxygen atoms in total. The van der Waals surface area contributed by atoms with Crippen LogP contribution in [0.25, 0.3) is 0 Å². The van der Waals surface area contributed by atoms with E-state index in [1.807, 2.05) is 0 Å². The fourth-order valence-electron chi connectivity index (χ4n) is 1.66. The highest BCUT2D eigenvalue weighted by molar-refractivity contribution is 7.87. The molecule has 0 aromatic carbocycles. The van der Waals surface area contributed by atoms with E-state index in [0.717, 1.165) is 0 Å². The summed E-state index contributed by atoms with van der Waals surface area (Å²) in [4.78, 5) is 11.5. The summed E-state index contributed by atoms with van der Waals surface area (Å²) in [5.41, 5.74) is -6.91. The van der Waals surface area contributed by atoms with Gasteiger partial charge in [-0.05, 0) is 6.92 Å². The van der Waals surface area contributed by atoms with Crippen LogP contribution in [0.1, 0.15) is 19.8 Å². The molecule has 19 heavy (non-hydrogen) atoms. The largest absolute Gasteiger partial charge is 0.523 e. The van der Waals surface area contributed by atoms with Crippen LogP contribution in [0.3, 0.4) is 0 Å². The molecule has 0 aliphatic heterocycles. The van der Waals surface area contributed by atoms with E-state index in [4.69, 9.17) is 9.47 Å². The van der Waals surface area contributed by atoms with Gasteiger partial charge in [-0.25, -0.2) is 4.79 Å². The van der Waals surface area contributed by atoms with Crippen LogP contribution >= 0.6 is 0 Å². The van der Waals surface area contributed by atoms with Gasteiger partial charge in [-0.15, -0.1) is 0 Å². The maximum atomic E-state index is 12.1. The van der Waals surface area contributed by atoms with E-state index in [2.05, 4.69) is 4.18 Å². The number of carbonyl (C=O) groups is 1. The maximum Gasteiger partial charge on any atom is 0.523 e. The molecule has 112 valence electrons. The predicted octanol–water partition coefficient (Wildman–Crippen LogP) is 0.963. The van der Waals surface area contributed by atoms with E-state index >= 15 is 0 Å². The topological polar surface area (TPSA) is 78.9 Å². The maximum absolute atomic E-state index is 12.1. The minimum Gasteiger partial charge on any atom is -0.464 e. The van der Waals surface area contributed by atoms with Gasteiger partial charge in [0.05, 0.1) is 12.7 Å². The molecule has 0 spiro atoms. The molecule has 0 bridgehead atoms. The second-order valence-electron chi connectivity index (χ2n) is 3.95. The highest BCUT2D eigenvalue weighted by atomic mass is 32.2. The van der Waals surface area contributed by atoms with Gasteiger partial charge in [0.15, 0.2) is 5.60 Å². The SMILES string of the molecule is CCOC(=O)C1(OC)CC(OS(=O)(=O)C(F)(F)F)C1. The summed E-state index contributed by atoms with van der Waals surface area (Å²) in [6.45, 7) is 1.64. The van der Waals surface area contributed by atoms with E-state index in [-0.39, 0.29) is 19.4 Å². The van der Waals surface area contributed by atoms with Crippen molar-refractivity contribution in [1.29, 1.82) is 0 Å². The fourth-order valence-corrected chi connectivity index (χ4v) is 2.26. The van der Waals surface area contributed by atoms with Crippen LogP contribution < -0.4 is 0 Å². The molecule has 1 rings (SSSR count). The first kappa shape index (κ1) is 16.2. The molecule has 0 heterocycles. The lowest BCUT2D eigenvalue weighted by Crippen LogP contribution is -2.57. The Morgan fingerprint density at radius 1 is 1.37 bits per heavy atom. The number of ether oxygens (including phenoxy) is 2. The number of rotatable bonds is 5. The summed E-state index contributed by atoms with van der Waals surface area (Å²) in [6, 6.07) is 0. The average Bonchev–Trinajstić information content (AvgIpc) is 2.21. The van der Waals surface area contributed by atoms with Crippen molar-refractivity contribution in [3.63, 3.8) is 0 Å². The summed E-state index contributed by atoms with van der Waals surface area (Å²) < 4.78 is 71.3. The van der Waals surface area contributed by atoms with Crippen molar-refractivity contribution >= 4 is 16.1 Å². The van der Waals surface area contributed by atoms with Gasteiger partial charge in [0.1, 0.15) is 0 Å². The van der Waals surface area contributed by atoms with E-state index in [1.54, 1.807) is 6.92 Å². The molecule has 10 heteroatoms. The van der Waals surface area contributed by atoms with Gasteiger partial charge in [-0.1, -0.05) is 0 Å². The second kappa shape index (κ2) is 5.25. The molecule has 0 atom stereocenters. The van der Waals surface area contributed by atoms with Crippen LogP contribution in [0.15, 0.2) is 0 Å². The van der Waals surface area contributed by atoms with E-state index in [1.165, 1.54) is 7.11 Å². The normalized spacial score (nSPS) is 27.7. The van der Waals surface area contributed by atoms with Crippen molar-refractivity contribution in [3.05, 3.63) is 0 Å². The van der Waals surface area contributed by atoms with Crippen molar-refractivity contribution in [3.8, 4) is 0 Å². The second-order valence-corrected chi connectivity index (χ2v) is 5.51. The van der Waals surface area contributed by atoms with Gasteiger partial charge in [0.25, 0.3) is 0 Å². The van der Waals surface area contributed by atoms with E-state index in [0.29, 0.717) is 0 Å². The third kappa shape index (κ3) is 3.18. The number of halogens is 3. The fraction of sp³-hybridized carbons (Fsp3) is 0.889. The summed E-state index contributed by atoms with van der Waals surface area (Å²) in [5, 5.41) is 0. The smallest absolute Gasteiger partial charge is 0.464 e. The highest BCUT2D eigenvalue weighted by Crippen LogP contribution is 2.41. The quantitative estimate of drug-likeness (QED) is 0.428. The molecule has 1 saturated carbocycles. The van der Waals surface area contributed by atoms with Crippen LogP contribution in [-0.4, -0.2) is 45.3 Å². The lowest BCUT2D eigenvalue weighted by Gasteiger charge is -2.42. The van der Waals surface area contributed by atoms with Crippen molar-refractivity contribution in [2.45, 2.75) is 37.0 Å². The molecule has 0 unspecified atom stereocenters. The third-order valence-electron chi connectivity index (χ3n) is 2.70. The van der Waals surface area contributed by atoms with E-state index in [9.17, 15) is 26.4 Å². The first-order chi connectivity index (χ1) is 8.58. The Hall–Kier alpha value is -0.870. The molecule has 1 fully saturated rings. The number of methoxy groups -OCH3 is 1. The van der Waals surface area contributed by atoms with E-state index < -0.39 is 33.3 Å². The number of hydrogen-bond acceptors (Lipinski definition) is 6. The molecular weight excluding hydrogens is 293 g/mol. The third-order valence-corrected chi connectivity index (χ3v) is 3.79. The Morgan fingerprint density at radius 2 is 1.89 bits per heavy atom. The Bertz CT molecular complexity index is 437. The molecule has 0 N–H and O–H groups in total. The van der Waals surface area contributed by atoms with Gasteiger partial charge in [0, 0.05) is 20.0 Å². The summed E-state index contributed by atoms with van der Waals surface area (Å²) in [7, 11) is -4.48. The Kier molecular flexibility index (Phi) is 4.47. The summed E-state index contributed by atoms with van der Waals surface area (Å²) in [5.74, 6) is -0.748. The zero-order valence-corrected chi connectivity index (χ0v) is 11.0. The molecule has 1 aliphatic carbocycles. The zero-order valence-electron chi connectivity index (χ0n) is 10.2. The van der Waals surface area contributed by atoms with Gasteiger partial charge in [-0.2, -0.15) is 21.6 Å². The van der Waals surface area contributed by atoms with Crippen LogP contribution in [-0.2, 0) is 28.6 Å². The Labute approximate surface area is 107 Å². The molecule has 0 saturated heterocycles. The van der Waals surface area contributed by atoms with Gasteiger partial charge < -0.3 is 9.47 Å². The predicted molar refractivity (Wildman–Crippen MR) is 55.5 cm³/mol. The molecular formula is C9H13F3O6S. The highest BCUT2D eigenvalue weighted by Gasteiger charge is 2.57. The molecule has 0 aromatic rings. The van der Waals surface area contributed by atoms with Gasteiger partial charge in [0.2, 0.25) is 0 Å². The number of hydrogen-bond donors (Lipinski definition) is 0. The van der Waals surface area contributed by atoms with Crippen molar-refractivity contribution in [2.24, 2.45) is 0 Å². The molecule has 1 aliphatic rings. The minimum absolute atomic E-state index is 0.0797. The zero-order chi connectivity index (χ0) is 14.9. The van der Waals surface area contributed by atoms with Gasteiger partial charge >= 0.3 is 21.6 Å². The van der Waals surface area contributed by atoms with Gasteiger partial charge in [-0.3, -0.25) is 4.18 Å². The molecule has 0 aromatic heterocycles. The Balaban J connectivity index is 2.65. The number of carbonyl (C=O) groups excluding carboxylic acids is 1. The van der Waals surface area contributed by atoms with Crippen LogP contribution in [0, 0.1) is 0 Å². The number of alkyl halides is 3. The first-order valence-electron chi connectivity index (χ1n) is 5.30. The molecule has 0 radical (unpaired) electrons. The van der Waals surface area contributed by atoms with Crippen molar-refractivity contribution < 1.29 is 40.0 Å². The van der Waals surface area contributed by atoms with Crippen LogP contribution in [0.4, 0.5) is 13.2 Å². The number of esters is 1. The summed E-state index contributed by atoms with van der Waals surface area (Å²) in [6.07, 6.45) is -1.87. The first-order valence-corrected chi connectivity index (χ1v) is 6.71. The monoisotopic (exact) mass is 306 g/mol. The van der Waals surface area contributed by atoms with Crippen LogP contribution in [0.5, 0.6) is 0 Å². The Morgan fingerprint density at radius 3 is 2.26 bits per heavy atom. The molecule has 0 amide bonds. The standard InChI is InChI=1S/C9H13F3O6S/c1-3-17-7(13)8(16-2)4-6(5-8)18-19(14,15)9(10,11)12/h6H,3-5H2,1-2H3. The lowest BCUT2D eigenvalue weighted by molar-refractivity contribution is -0.192. The van der Waals surface area contributed by atoms with Crippen LogP contribution in [0.2, 0.25) is 0 Å². The van der Waals surface area contributed by atoms with Crippen molar-refractivity contribution in [2.75, 3.05) is 13.7 Å². The average molecular weight is 306 g/mol. The van der Waals surface area contributed by atoms with Crippen molar-refractivity contribution in [1.82, 2.24) is 0 Å². The minimum atomic E-state index is -5.66. The summed E-state index contributed by atoms with van der Waals surface area (Å²) >= 11 is 0.